The normalized spacial score (nSPS) is 10.5. The second kappa shape index (κ2) is 7.04. The van der Waals surface area contributed by atoms with Crippen molar-refractivity contribution in [2.24, 2.45) is 0 Å². The molecule has 1 N–H and O–H groups in total. The maximum atomic E-state index is 13.7. The molecule has 0 saturated carbocycles. The van der Waals surface area contributed by atoms with Crippen LogP contribution in [0.25, 0.3) is 0 Å². The van der Waals surface area contributed by atoms with Crippen molar-refractivity contribution in [3.8, 4) is 11.5 Å². The van der Waals surface area contributed by atoms with Crippen molar-refractivity contribution in [1.29, 1.82) is 0 Å². The number of methoxy groups -OCH3 is 1. The molecule has 0 heterocycles. The lowest BCUT2D eigenvalue weighted by molar-refractivity contribution is -0.0512. The highest BCUT2D eigenvalue weighted by Gasteiger charge is 2.15. The molecule has 2 aromatic carbocycles. The lowest BCUT2D eigenvalue weighted by Gasteiger charge is -2.12. The summed E-state index contributed by atoms with van der Waals surface area (Å²) in [6, 6.07) is 8.00. The van der Waals surface area contributed by atoms with Gasteiger partial charge in [0.25, 0.3) is 5.91 Å². The quantitative estimate of drug-likeness (QED) is 0.904. The van der Waals surface area contributed by atoms with Gasteiger partial charge >= 0.3 is 6.61 Å². The molecule has 7 heteroatoms. The number of nitrogens with one attached hydrogen (secondary N) is 1. The van der Waals surface area contributed by atoms with E-state index in [4.69, 9.17) is 4.74 Å². The molecule has 2 aromatic rings. The Labute approximate surface area is 130 Å². The number of carbonyl (C=O) groups is 1. The number of aryl methyl sites for hydroxylation is 1. The first-order valence-corrected chi connectivity index (χ1v) is 6.61. The Balaban J connectivity index is 2.24. The van der Waals surface area contributed by atoms with E-state index in [1.54, 1.807) is 13.0 Å². The lowest BCUT2D eigenvalue weighted by Crippen LogP contribution is -2.13. The molecule has 122 valence electrons. The van der Waals surface area contributed by atoms with E-state index >= 15 is 0 Å². The summed E-state index contributed by atoms with van der Waals surface area (Å²) in [6.07, 6.45) is 0. The maximum Gasteiger partial charge on any atom is 0.387 e. The van der Waals surface area contributed by atoms with E-state index in [1.807, 2.05) is 0 Å². The third kappa shape index (κ3) is 4.15. The molecule has 0 aliphatic carbocycles. The van der Waals surface area contributed by atoms with Crippen LogP contribution in [0.5, 0.6) is 11.5 Å². The van der Waals surface area contributed by atoms with Crippen LogP contribution in [0.3, 0.4) is 0 Å². The molecule has 0 atom stereocenters. The van der Waals surface area contributed by atoms with Gasteiger partial charge in [0.1, 0.15) is 5.82 Å². The van der Waals surface area contributed by atoms with E-state index in [9.17, 15) is 18.0 Å². The number of ether oxygens (including phenoxy) is 2. The van der Waals surface area contributed by atoms with Crippen LogP contribution >= 0.6 is 0 Å². The van der Waals surface area contributed by atoms with E-state index in [0.29, 0.717) is 0 Å². The summed E-state index contributed by atoms with van der Waals surface area (Å²) in [5.41, 5.74) is 0.922. The standard InChI is InChI=1S/C16H14F3NO3/c1-9-3-5-11(17)12(7-9)20-15(21)10-4-6-13(23-16(18)19)14(8-10)22-2/h3-8,16H,1-2H3,(H,20,21). The van der Waals surface area contributed by atoms with Gasteiger partial charge in [-0.15, -0.1) is 0 Å². The lowest BCUT2D eigenvalue weighted by atomic mass is 10.1. The molecule has 0 fully saturated rings. The van der Waals surface area contributed by atoms with E-state index in [-0.39, 0.29) is 22.7 Å². The zero-order valence-corrected chi connectivity index (χ0v) is 12.4. The number of hydrogen-bond donors (Lipinski definition) is 1. The van der Waals surface area contributed by atoms with Crippen molar-refractivity contribution < 1.29 is 27.4 Å². The van der Waals surface area contributed by atoms with Crippen LogP contribution in [0.1, 0.15) is 15.9 Å². The van der Waals surface area contributed by atoms with Crippen LogP contribution in [-0.4, -0.2) is 19.6 Å². The third-order valence-corrected chi connectivity index (χ3v) is 3.01. The van der Waals surface area contributed by atoms with E-state index in [1.165, 1.54) is 37.4 Å². The van der Waals surface area contributed by atoms with Gasteiger partial charge in [-0.1, -0.05) is 6.07 Å². The molecule has 23 heavy (non-hydrogen) atoms. The number of carbonyl (C=O) groups excluding carboxylic acids is 1. The Morgan fingerprint density at radius 1 is 1.13 bits per heavy atom. The van der Waals surface area contributed by atoms with Crippen molar-refractivity contribution in [3.63, 3.8) is 0 Å². The van der Waals surface area contributed by atoms with E-state index < -0.39 is 18.3 Å². The summed E-state index contributed by atoms with van der Waals surface area (Å²) in [5.74, 6) is -1.39. The first-order chi connectivity index (χ1) is 10.9. The molecule has 0 saturated heterocycles. The van der Waals surface area contributed by atoms with Crippen molar-refractivity contribution >= 4 is 11.6 Å². The minimum atomic E-state index is -3.01. The molecule has 0 aliphatic heterocycles. The predicted molar refractivity (Wildman–Crippen MR) is 78.7 cm³/mol. The van der Waals surface area contributed by atoms with Crippen molar-refractivity contribution in [2.45, 2.75) is 13.5 Å². The Kier molecular flexibility index (Phi) is 5.10. The van der Waals surface area contributed by atoms with Gasteiger partial charge in [0.15, 0.2) is 11.5 Å². The summed E-state index contributed by atoms with van der Waals surface area (Å²) in [5, 5.41) is 2.42. The summed E-state index contributed by atoms with van der Waals surface area (Å²) in [7, 11) is 1.26. The molecular formula is C16H14F3NO3. The number of amides is 1. The van der Waals surface area contributed by atoms with Gasteiger partial charge in [-0.3, -0.25) is 4.79 Å². The molecule has 2 rings (SSSR count). The smallest absolute Gasteiger partial charge is 0.387 e. The van der Waals surface area contributed by atoms with Crippen molar-refractivity contribution in [3.05, 3.63) is 53.3 Å². The molecule has 0 aromatic heterocycles. The molecule has 1 amide bonds. The highest BCUT2D eigenvalue weighted by atomic mass is 19.3. The van der Waals surface area contributed by atoms with E-state index in [2.05, 4.69) is 10.1 Å². The van der Waals surface area contributed by atoms with Crippen LogP contribution in [0.2, 0.25) is 0 Å². The fourth-order valence-electron chi connectivity index (χ4n) is 1.93. The second-order valence-corrected chi connectivity index (χ2v) is 4.68. The monoisotopic (exact) mass is 325 g/mol. The largest absolute Gasteiger partial charge is 0.493 e. The Morgan fingerprint density at radius 3 is 2.52 bits per heavy atom. The summed E-state index contributed by atoms with van der Waals surface area (Å²) < 4.78 is 47.4. The van der Waals surface area contributed by atoms with Gasteiger partial charge in [-0.25, -0.2) is 4.39 Å². The van der Waals surface area contributed by atoms with Crippen LogP contribution in [0.4, 0.5) is 18.9 Å². The van der Waals surface area contributed by atoms with Gasteiger partial charge in [-0.2, -0.15) is 8.78 Å². The molecule has 0 radical (unpaired) electrons. The summed E-state index contributed by atoms with van der Waals surface area (Å²) in [6.45, 7) is -1.25. The fourth-order valence-corrected chi connectivity index (χ4v) is 1.93. The molecule has 0 unspecified atom stereocenters. The number of rotatable bonds is 5. The number of anilines is 1. The van der Waals surface area contributed by atoms with Crippen LogP contribution in [-0.2, 0) is 0 Å². The molecule has 0 spiro atoms. The van der Waals surface area contributed by atoms with Gasteiger partial charge < -0.3 is 14.8 Å². The molecule has 4 nitrogen and oxygen atoms in total. The Morgan fingerprint density at radius 2 is 1.87 bits per heavy atom. The van der Waals surface area contributed by atoms with Gasteiger partial charge in [-0.05, 0) is 42.8 Å². The number of halogens is 3. The fraction of sp³-hybridized carbons (Fsp3) is 0.188. The zero-order chi connectivity index (χ0) is 17.0. The second-order valence-electron chi connectivity index (χ2n) is 4.68. The maximum absolute atomic E-state index is 13.7. The van der Waals surface area contributed by atoms with E-state index in [0.717, 1.165) is 5.56 Å². The highest BCUT2D eigenvalue weighted by molar-refractivity contribution is 6.04. The predicted octanol–water partition coefficient (Wildman–Crippen LogP) is 4.00. The SMILES string of the molecule is COc1cc(C(=O)Nc2cc(C)ccc2F)ccc1OC(F)F. The Hall–Kier alpha value is -2.70. The third-order valence-electron chi connectivity index (χ3n) is 3.01. The molecule has 0 bridgehead atoms. The minimum absolute atomic E-state index is 0.0253. The van der Waals surface area contributed by atoms with Crippen LogP contribution < -0.4 is 14.8 Å². The highest BCUT2D eigenvalue weighted by Crippen LogP contribution is 2.30. The first kappa shape index (κ1) is 16.7. The summed E-state index contributed by atoms with van der Waals surface area (Å²) >= 11 is 0. The zero-order valence-electron chi connectivity index (χ0n) is 12.4. The van der Waals surface area contributed by atoms with Crippen LogP contribution in [0, 0.1) is 12.7 Å². The average molecular weight is 325 g/mol. The number of hydrogen-bond acceptors (Lipinski definition) is 3. The van der Waals surface area contributed by atoms with Crippen LogP contribution in [0.15, 0.2) is 36.4 Å². The number of alkyl halides is 2. The molecule has 0 aliphatic rings. The minimum Gasteiger partial charge on any atom is -0.493 e. The molecular weight excluding hydrogens is 311 g/mol. The van der Waals surface area contributed by atoms with Crippen molar-refractivity contribution in [1.82, 2.24) is 0 Å². The first-order valence-electron chi connectivity index (χ1n) is 6.61. The average Bonchev–Trinajstić information content (AvgIpc) is 2.50. The number of benzene rings is 2. The van der Waals surface area contributed by atoms with Gasteiger partial charge in [0, 0.05) is 5.56 Å². The summed E-state index contributed by atoms with van der Waals surface area (Å²) in [4.78, 5) is 12.2. The van der Waals surface area contributed by atoms with Gasteiger partial charge in [0.2, 0.25) is 0 Å². The van der Waals surface area contributed by atoms with Crippen molar-refractivity contribution in [2.75, 3.05) is 12.4 Å². The topological polar surface area (TPSA) is 47.6 Å². The Bertz CT molecular complexity index is 720. The van der Waals surface area contributed by atoms with Gasteiger partial charge in [0.05, 0.1) is 12.8 Å².